The van der Waals surface area contributed by atoms with E-state index in [-0.39, 0.29) is 0 Å². The van der Waals surface area contributed by atoms with E-state index in [1.165, 1.54) is 11.3 Å². The summed E-state index contributed by atoms with van der Waals surface area (Å²) in [5.74, 6) is 0.0880. The van der Waals surface area contributed by atoms with E-state index in [4.69, 9.17) is 5.73 Å². The van der Waals surface area contributed by atoms with Crippen molar-refractivity contribution in [1.82, 2.24) is 9.97 Å². The Morgan fingerprint density at radius 3 is 2.71 bits per heavy atom. The van der Waals surface area contributed by atoms with Gasteiger partial charge in [-0.3, -0.25) is 4.79 Å². The Balaban J connectivity index is 2.52. The fourth-order valence-corrected chi connectivity index (χ4v) is 1.86. The lowest BCUT2D eigenvalue weighted by atomic mass is 10.2. The molecule has 0 aliphatic heterocycles. The number of rotatable bonds is 2. The first-order chi connectivity index (χ1) is 6.79. The Morgan fingerprint density at radius 1 is 1.36 bits per heavy atom. The number of thiophene rings is 1. The molecule has 1 amide bonds. The predicted molar refractivity (Wildman–Crippen MR) is 53.9 cm³/mol. The molecule has 0 aromatic carbocycles. The molecule has 2 heterocycles. The molecule has 0 radical (unpaired) electrons. The fraction of sp³-hybridized carbons (Fsp3) is 0. The summed E-state index contributed by atoms with van der Waals surface area (Å²) in [6.45, 7) is 0. The highest BCUT2D eigenvalue weighted by molar-refractivity contribution is 7.12. The van der Waals surface area contributed by atoms with Crippen molar-refractivity contribution in [3.8, 4) is 11.4 Å². The van der Waals surface area contributed by atoms with Gasteiger partial charge in [0.1, 0.15) is 4.88 Å². The summed E-state index contributed by atoms with van der Waals surface area (Å²) in [6.07, 6.45) is 3.26. The van der Waals surface area contributed by atoms with Gasteiger partial charge in [-0.05, 0) is 17.5 Å². The van der Waals surface area contributed by atoms with Gasteiger partial charge in [-0.25, -0.2) is 9.97 Å². The second-order valence-electron chi connectivity index (χ2n) is 2.60. The van der Waals surface area contributed by atoms with Gasteiger partial charge in [0.05, 0.1) is 0 Å². The third kappa shape index (κ3) is 1.49. The largest absolute Gasteiger partial charge is 0.365 e. The number of nitrogens with two attached hydrogens (primary N) is 1. The van der Waals surface area contributed by atoms with Crippen LogP contribution < -0.4 is 5.73 Å². The smallest absolute Gasteiger partial charge is 0.259 e. The minimum atomic E-state index is -0.442. The SMILES string of the molecule is NC(=O)c1sccc1-c1ncccn1. The molecule has 2 rings (SSSR count). The standard InChI is InChI=1S/C9H7N3OS/c10-8(13)7-6(2-5-14-7)9-11-3-1-4-12-9/h1-5H,(H2,10,13). The van der Waals surface area contributed by atoms with Crippen LogP contribution >= 0.6 is 11.3 Å². The van der Waals surface area contributed by atoms with Gasteiger partial charge in [-0.15, -0.1) is 11.3 Å². The van der Waals surface area contributed by atoms with Crippen molar-refractivity contribution in [2.75, 3.05) is 0 Å². The summed E-state index contributed by atoms with van der Waals surface area (Å²) < 4.78 is 0. The van der Waals surface area contributed by atoms with Crippen LogP contribution in [0.4, 0.5) is 0 Å². The predicted octanol–water partition coefficient (Wildman–Crippen LogP) is 1.30. The summed E-state index contributed by atoms with van der Waals surface area (Å²) in [5.41, 5.74) is 5.91. The topological polar surface area (TPSA) is 68.9 Å². The van der Waals surface area contributed by atoms with E-state index in [1.807, 2.05) is 0 Å². The molecule has 0 aliphatic carbocycles. The van der Waals surface area contributed by atoms with E-state index in [0.29, 0.717) is 16.3 Å². The van der Waals surface area contributed by atoms with E-state index >= 15 is 0 Å². The average molecular weight is 205 g/mol. The Morgan fingerprint density at radius 2 is 2.07 bits per heavy atom. The van der Waals surface area contributed by atoms with Crippen LogP contribution in [0.5, 0.6) is 0 Å². The number of hydrogen-bond donors (Lipinski definition) is 1. The number of hydrogen-bond acceptors (Lipinski definition) is 4. The second-order valence-corrected chi connectivity index (χ2v) is 3.52. The van der Waals surface area contributed by atoms with Crippen LogP contribution in [0.25, 0.3) is 11.4 Å². The van der Waals surface area contributed by atoms with Crippen molar-refractivity contribution in [3.63, 3.8) is 0 Å². The lowest BCUT2D eigenvalue weighted by Crippen LogP contribution is -2.10. The number of amides is 1. The third-order valence-corrected chi connectivity index (χ3v) is 2.62. The highest BCUT2D eigenvalue weighted by Crippen LogP contribution is 2.24. The molecule has 0 spiro atoms. The van der Waals surface area contributed by atoms with Gasteiger partial charge in [0, 0.05) is 18.0 Å². The lowest BCUT2D eigenvalue weighted by Gasteiger charge is -1.97. The third-order valence-electron chi connectivity index (χ3n) is 1.70. The van der Waals surface area contributed by atoms with E-state index in [9.17, 15) is 4.79 Å². The number of aromatic nitrogens is 2. The molecule has 2 aromatic rings. The van der Waals surface area contributed by atoms with Crippen LogP contribution in [-0.2, 0) is 0 Å². The molecule has 0 unspecified atom stereocenters. The van der Waals surface area contributed by atoms with Crippen molar-refractivity contribution in [2.45, 2.75) is 0 Å². The van der Waals surface area contributed by atoms with Gasteiger partial charge >= 0.3 is 0 Å². The molecule has 0 bridgehead atoms. The van der Waals surface area contributed by atoms with Gasteiger partial charge in [-0.2, -0.15) is 0 Å². The summed E-state index contributed by atoms with van der Waals surface area (Å²) in [6, 6.07) is 3.51. The lowest BCUT2D eigenvalue weighted by molar-refractivity contribution is 0.100. The van der Waals surface area contributed by atoms with Crippen molar-refractivity contribution in [2.24, 2.45) is 5.73 Å². The Bertz CT molecular complexity index is 452. The minimum Gasteiger partial charge on any atom is -0.365 e. The van der Waals surface area contributed by atoms with Gasteiger partial charge in [-0.1, -0.05) is 0 Å². The molecule has 70 valence electrons. The maximum Gasteiger partial charge on any atom is 0.259 e. The summed E-state index contributed by atoms with van der Waals surface area (Å²) in [7, 11) is 0. The van der Waals surface area contributed by atoms with E-state index in [0.717, 1.165) is 0 Å². The van der Waals surface area contributed by atoms with Gasteiger partial charge < -0.3 is 5.73 Å². The molecule has 0 saturated carbocycles. The molecule has 0 fully saturated rings. The quantitative estimate of drug-likeness (QED) is 0.803. The Hall–Kier alpha value is -1.75. The van der Waals surface area contributed by atoms with Crippen molar-refractivity contribution in [1.29, 1.82) is 0 Å². The normalized spacial score (nSPS) is 10.0. The first-order valence-corrected chi connectivity index (χ1v) is 4.81. The zero-order valence-electron chi connectivity index (χ0n) is 7.18. The van der Waals surface area contributed by atoms with Crippen molar-refractivity contribution < 1.29 is 4.79 Å². The highest BCUT2D eigenvalue weighted by Gasteiger charge is 2.12. The van der Waals surface area contributed by atoms with Crippen LogP contribution in [0.1, 0.15) is 9.67 Å². The molecular formula is C9H7N3OS. The molecule has 2 aromatic heterocycles. The van der Waals surface area contributed by atoms with Crippen molar-refractivity contribution >= 4 is 17.2 Å². The van der Waals surface area contributed by atoms with Gasteiger partial charge in [0.25, 0.3) is 5.91 Å². The maximum atomic E-state index is 11.0. The molecule has 4 nitrogen and oxygen atoms in total. The first kappa shape index (κ1) is 8.83. The van der Waals surface area contributed by atoms with Crippen molar-refractivity contribution in [3.05, 3.63) is 34.8 Å². The van der Waals surface area contributed by atoms with Crippen LogP contribution in [0.2, 0.25) is 0 Å². The molecule has 5 heteroatoms. The number of primary amides is 1. The van der Waals surface area contributed by atoms with E-state index < -0.39 is 5.91 Å². The first-order valence-electron chi connectivity index (χ1n) is 3.93. The van der Waals surface area contributed by atoms with E-state index in [2.05, 4.69) is 9.97 Å². The summed E-state index contributed by atoms with van der Waals surface area (Å²) >= 11 is 1.30. The Labute approximate surface area is 84.4 Å². The Kier molecular flexibility index (Phi) is 2.24. The summed E-state index contributed by atoms with van der Waals surface area (Å²) in [5, 5.41) is 1.80. The van der Waals surface area contributed by atoms with Crippen LogP contribution in [0.3, 0.4) is 0 Å². The second kappa shape index (κ2) is 3.55. The van der Waals surface area contributed by atoms with Gasteiger partial charge in [0.15, 0.2) is 5.82 Å². The fourth-order valence-electron chi connectivity index (χ4n) is 1.11. The molecule has 0 saturated heterocycles. The van der Waals surface area contributed by atoms with Gasteiger partial charge in [0.2, 0.25) is 0 Å². The molecule has 0 aliphatic rings. The monoisotopic (exact) mass is 205 g/mol. The molecule has 14 heavy (non-hydrogen) atoms. The highest BCUT2D eigenvalue weighted by atomic mass is 32.1. The maximum absolute atomic E-state index is 11.0. The average Bonchev–Trinajstić information content (AvgIpc) is 2.67. The number of carbonyl (C=O) groups is 1. The zero-order chi connectivity index (χ0) is 9.97. The van der Waals surface area contributed by atoms with Crippen LogP contribution in [0, 0.1) is 0 Å². The molecule has 0 atom stereocenters. The van der Waals surface area contributed by atoms with Crippen LogP contribution in [0.15, 0.2) is 29.9 Å². The number of carbonyl (C=O) groups excluding carboxylic acids is 1. The zero-order valence-corrected chi connectivity index (χ0v) is 7.99. The minimum absolute atomic E-state index is 0.442. The molecular weight excluding hydrogens is 198 g/mol. The summed E-state index contributed by atoms with van der Waals surface area (Å²) in [4.78, 5) is 19.6. The van der Waals surface area contributed by atoms with E-state index in [1.54, 1.807) is 29.9 Å². The molecule has 2 N–H and O–H groups in total. The van der Waals surface area contributed by atoms with Crippen LogP contribution in [-0.4, -0.2) is 15.9 Å². The number of nitrogens with zero attached hydrogens (tertiary/aromatic N) is 2.